The van der Waals surface area contributed by atoms with Gasteiger partial charge in [-0.2, -0.15) is 0 Å². The molecule has 134 valence electrons. The van der Waals surface area contributed by atoms with Gasteiger partial charge < -0.3 is 15.6 Å². The minimum Gasteiger partial charge on any atom is -0.480 e. The number of hydrogen-bond donors (Lipinski definition) is 2. The molecule has 8 heteroatoms. The van der Waals surface area contributed by atoms with Crippen molar-refractivity contribution in [1.82, 2.24) is 0 Å². The van der Waals surface area contributed by atoms with Crippen LogP contribution in [0.2, 0.25) is 0 Å². The SMILES string of the molecule is COCC(=O)O.NC1CCCCC1.O=Cc1ccc([N+](=O)[O-])cc1. The van der Waals surface area contributed by atoms with E-state index in [2.05, 4.69) is 4.74 Å². The molecule has 3 N–H and O–H groups in total. The summed E-state index contributed by atoms with van der Waals surface area (Å²) >= 11 is 0. The molecule has 1 fully saturated rings. The third kappa shape index (κ3) is 11.3. The first-order valence-electron chi connectivity index (χ1n) is 7.56. The molecule has 0 unspecified atom stereocenters. The van der Waals surface area contributed by atoms with E-state index in [0.29, 0.717) is 17.9 Å². The fourth-order valence-electron chi connectivity index (χ4n) is 1.93. The molecule has 1 aromatic carbocycles. The maximum absolute atomic E-state index is 10.1. The third-order valence-electron chi connectivity index (χ3n) is 3.16. The molecule has 0 bridgehead atoms. The average Bonchev–Trinajstić information content (AvgIpc) is 2.56. The van der Waals surface area contributed by atoms with Crippen LogP contribution >= 0.6 is 0 Å². The van der Waals surface area contributed by atoms with Gasteiger partial charge in [-0.15, -0.1) is 0 Å². The Kier molecular flexibility index (Phi) is 11.9. The molecule has 1 saturated carbocycles. The second-order valence-electron chi connectivity index (χ2n) is 5.19. The van der Waals surface area contributed by atoms with E-state index in [4.69, 9.17) is 10.8 Å². The van der Waals surface area contributed by atoms with Crippen LogP contribution in [0.4, 0.5) is 5.69 Å². The molecule has 0 saturated heterocycles. The molecule has 1 aliphatic rings. The molecule has 0 heterocycles. The van der Waals surface area contributed by atoms with Gasteiger partial charge in [0.2, 0.25) is 0 Å². The van der Waals surface area contributed by atoms with Crippen molar-refractivity contribution in [2.45, 2.75) is 38.1 Å². The zero-order valence-electron chi connectivity index (χ0n) is 13.7. The van der Waals surface area contributed by atoms with Crippen molar-refractivity contribution in [2.75, 3.05) is 13.7 Å². The lowest BCUT2D eigenvalue weighted by Gasteiger charge is -2.15. The van der Waals surface area contributed by atoms with Crippen molar-refractivity contribution in [3.8, 4) is 0 Å². The van der Waals surface area contributed by atoms with Crippen LogP contribution in [0.3, 0.4) is 0 Å². The van der Waals surface area contributed by atoms with Gasteiger partial charge in [0.05, 0.1) is 4.92 Å². The zero-order chi connectivity index (χ0) is 18.4. The summed E-state index contributed by atoms with van der Waals surface area (Å²) in [6.07, 6.45) is 7.31. The first-order valence-corrected chi connectivity index (χ1v) is 7.56. The van der Waals surface area contributed by atoms with Gasteiger partial charge in [0.25, 0.3) is 5.69 Å². The van der Waals surface area contributed by atoms with Crippen molar-refractivity contribution in [2.24, 2.45) is 5.73 Å². The molecule has 24 heavy (non-hydrogen) atoms. The van der Waals surface area contributed by atoms with Crippen molar-refractivity contribution < 1.29 is 24.4 Å². The number of carbonyl (C=O) groups excluding carboxylic acids is 1. The highest BCUT2D eigenvalue weighted by Gasteiger charge is 2.06. The Hall–Kier alpha value is -2.32. The van der Waals surface area contributed by atoms with Crippen molar-refractivity contribution in [1.29, 1.82) is 0 Å². The number of aldehydes is 1. The second-order valence-corrected chi connectivity index (χ2v) is 5.19. The van der Waals surface area contributed by atoms with Crippen LogP contribution in [0.5, 0.6) is 0 Å². The van der Waals surface area contributed by atoms with Crippen molar-refractivity contribution in [3.63, 3.8) is 0 Å². The molecule has 0 amide bonds. The van der Waals surface area contributed by atoms with Gasteiger partial charge in [-0.3, -0.25) is 14.9 Å². The van der Waals surface area contributed by atoms with Crippen molar-refractivity contribution in [3.05, 3.63) is 39.9 Å². The standard InChI is InChI=1S/C7H5NO3.C6H13N.C3H6O3/c9-5-6-1-3-7(4-2-6)8(10)11;7-6-4-2-1-3-5-6;1-6-2-3(4)5/h1-5H;6H,1-5,7H2;2H2,1H3,(H,4,5). The number of nitrogens with zero attached hydrogens (tertiary/aromatic N) is 1. The molecule has 1 aromatic rings. The molecule has 0 aliphatic heterocycles. The number of hydrogen-bond acceptors (Lipinski definition) is 6. The monoisotopic (exact) mass is 340 g/mol. The van der Waals surface area contributed by atoms with E-state index in [1.165, 1.54) is 63.5 Å². The van der Waals surface area contributed by atoms with Gasteiger partial charge in [-0.1, -0.05) is 19.3 Å². The number of non-ortho nitro benzene ring substituents is 1. The van der Waals surface area contributed by atoms with Crippen molar-refractivity contribution >= 4 is 17.9 Å². The number of nitro groups is 1. The number of rotatable bonds is 4. The molecule has 0 atom stereocenters. The Morgan fingerprint density at radius 2 is 1.88 bits per heavy atom. The second kappa shape index (κ2) is 13.1. The van der Waals surface area contributed by atoms with Gasteiger partial charge in [-0.25, -0.2) is 4.79 Å². The predicted octanol–water partition coefficient (Wildman–Crippen LogP) is 2.40. The first-order chi connectivity index (χ1) is 11.4. The average molecular weight is 340 g/mol. The topological polar surface area (TPSA) is 133 Å². The highest BCUT2D eigenvalue weighted by atomic mass is 16.6. The van der Waals surface area contributed by atoms with Crippen LogP contribution in [0.1, 0.15) is 42.5 Å². The minimum absolute atomic E-state index is 0.00407. The molecule has 0 spiro atoms. The van der Waals surface area contributed by atoms with Crippen LogP contribution in [-0.2, 0) is 9.53 Å². The maximum Gasteiger partial charge on any atom is 0.329 e. The van der Waals surface area contributed by atoms with Gasteiger partial charge in [0, 0.05) is 30.8 Å². The van der Waals surface area contributed by atoms with E-state index in [9.17, 15) is 19.7 Å². The summed E-state index contributed by atoms with van der Waals surface area (Å²) in [5.41, 5.74) is 6.07. The molecule has 0 radical (unpaired) electrons. The Balaban J connectivity index is 0.000000353. The van der Waals surface area contributed by atoms with E-state index in [0.717, 1.165) is 0 Å². The Bertz CT molecular complexity index is 498. The van der Waals surface area contributed by atoms with Gasteiger partial charge in [0.1, 0.15) is 12.9 Å². The number of carboxylic acids is 1. The minimum atomic E-state index is -0.933. The molecule has 0 aromatic heterocycles. The number of carboxylic acid groups (broad SMARTS) is 1. The summed E-state index contributed by atoms with van der Waals surface area (Å²) in [4.78, 5) is 29.2. The number of methoxy groups -OCH3 is 1. The van der Waals surface area contributed by atoms with Gasteiger partial charge >= 0.3 is 5.97 Å². The van der Waals surface area contributed by atoms with Crippen LogP contribution < -0.4 is 5.73 Å². The number of benzene rings is 1. The van der Waals surface area contributed by atoms with E-state index in [1.807, 2.05) is 0 Å². The molecule has 8 nitrogen and oxygen atoms in total. The lowest BCUT2D eigenvalue weighted by molar-refractivity contribution is -0.384. The first kappa shape index (κ1) is 21.7. The summed E-state index contributed by atoms with van der Waals surface area (Å²) < 4.78 is 4.20. The number of nitrogens with two attached hydrogens (primary N) is 1. The summed E-state index contributed by atoms with van der Waals surface area (Å²) in [5, 5.41) is 17.9. The number of ether oxygens (including phenoxy) is 1. The number of nitro benzene ring substituents is 1. The Morgan fingerprint density at radius 3 is 2.12 bits per heavy atom. The fraction of sp³-hybridized carbons (Fsp3) is 0.500. The zero-order valence-corrected chi connectivity index (χ0v) is 13.7. The van der Waals surface area contributed by atoms with Crippen LogP contribution in [0.15, 0.2) is 24.3 Å². The Labute approximate surface area is 140 Å². The largest absolute Gasteiger partial charge is 0.480 e. The fourth-order valence-corrected chi connectivity index (χ4v) is 1.93. The Morgan fingerprint density at radius 1 is 1.33 bits per heavy atom. The highest BCUT2D eigenvalue weighted by Crippen LogP contribution is 2.14. The lowest BCUT2D eigenvalue weighted by atomic mass is 9.97. The van der Waals surface area contributed by atoms with Crippen LogP contribution in [0.25, 0.3) is 0 Å². The van der Waals surface area contributed by atoms with Crippen LogP contribution in [-0.4, -0.2) is 42.0 Å². The quantitative estimate of drug-likeness (QED) is 0.488. The summed E-state index contributed by atoms with van der Waals surface area (Å²) in [6.45, 7) is -0.208. The summed E-state index contributed by atoms with van der Waals surface area (Å²) in [5.74, 6) is -0.933. The maximum atomic E-state index is 10.1. The predicted molar refractivity (Wildman–Crippen MR) is 89.1 cm³/mol. The lowest BCUT2D eigenvalue weighted by Crippen LogP contribution is -2.22. The number of carbonyl (C=O) groups is 2. The molecule has 2 rings (SSSR count). The summed E-state index contributed by atoms with van der Waals surface area (Å²) in [6, 6.07) is 5.94. The van der Waals surface area contributed by atoms with Crippen LogP contribution in [0, 0.1) is 10.1 Å². The summed E-state index contributed by atoms with van der Waals surface area (Å²) in [7, 11) is 1.34. The third-order valence-corrected chi connectivity index (χ3v) is 3.16. The highest BCUT2D eigenvalue weighted by molar-refractivity contribution is 5.75. The van der Waals surface area contributed by atoms with Gasteiger partial charge in [-0.05, 0) is 25.0 Å². The molecular formula is C16H24N2O6. The number of aliphatic carboxylic acids is 1. The van der Waals surface area contributed by atoms with Gasteiger partial charge in [0.15, 0.2) is 0 Å². The van der Waals surface area contributed by atoms with E-state index in [-0.39, 0.29) is 12.3 Å². The molecular weight excluding hydrogens is 316 g/mol. The van der Waals surface area contributed by atoms with E-state index in [1.54, 1.807) is 0 Å². The normalized spacial score (nSPS) is 13.6. The molecule has 1 aliphatic carbocycles. The van der Waals surface area contributed by atoms with E-state index < -0.39 is 10.9 Å². The van der Waals surface area contributed by atoms with E-state index >= 15 is 0 Å². The smallest absolute Gasteiger partial charge is 0.329 e.